The highest BCUT2D eigenvalue weighted by Crippen LogP contribution is 2.47. The molecule has 0 heterocycles. The van der Waals surface area contributed by atoms with Crippen molar-refractivity contribution in [2.75, 3.05) is 13.2 Å². The van der Waals surface area contributed by atoms with E-state index in [0.717, 1.165) is 64.2 Å². The summed E-state index contributed by atoms with van der Waals surface area (Å²) in [4.78, 5) is 35.8. The van der Waals surface area contributed by atoms with Gasteiger partial charge >= 0.3 is 19.8 Å². The fraction of sp³-hybridized carbons (Fsp3) is 0.654. The van der Waals surface area contributed by atoms with E-state index in [1.807, 2.05) is 36.5 Å². The Morgan fingerprint density at radius 3 is 1.66 bits per heavy atom. The molecule has 1 aliphatic rings. The summed E-state index contributed by atoms with van der Waals surface area (Å²) in [5.74, 6) is -1.23. The Bertz CT molecular complexity index is 1550. The molecule has 9 atom stereocenters. The largest absolute Gasteiger partial charge is 0.472 e. The Hall–Kier alpha value is -3.27. The van der Waals surface area contributed by atoms with Crippen molar-refractivity contribution in [3.8, 4) is 0 Å². The van der Waals surface area contributed by atoms with Crippen LogP contribution in [-0.2, 0) is 32.7 Å². The number of aliphatic hydroxyl groups excluding tert-OH is 6. The quantitative estimate of drug-likeness (QED) is 0.0100. The van der Waals surface area contributed by atoms with Crippen molar-refractivity contribution < 1.29 is 68.2 Å². The molecule has 1 fully saturated rings. The number of carbonyl (C=O) groups is 2. The van der Waals surface area contributed by atoms with Crippen LogP contribution < -0.4 is 0 Å². The molecule has 0 saturated heterocycles. The van der Waals surface area contributed by atoms with Crippen LogP contribution in [0.3, 0.4) is 0 Å². The Labute approximate surface area is 401 Å². The third-order valence-corrected chi connectivity index (χ3v) is 11.7. The van der Waals surface area contributed by atoms with Crippen molar-refractivity contribution in [1.82, 2.24) is 0 Å². The van der Waals surface area contributed by atoms with Gasteiger partial charge in [-0.3, -0.25) is 18.6 Å². The predicted octanol–water partition coefficient (Wildman–Crippen LogP) is 9.19. The second kappa shape index (κ2) is 40.6. The number of phosphoric acid groups is 1. The molecular formula is C52H85O14P. The number of carbonyl (C=O) groups excluding carboxylic acids is 2. The number of hydrogen-bond acceptors (Lipinski definition) is 13. The van der Waals surface area contributed by atoms with Crippen LogP contribution in [0, 0.1) is 0 Å². The zero-order valence-electron chi connectivity index (χ0n) is 40.3. The van der Waals surface area contributed by atoms with Gasteiger partial charge in [0, 0.05) is 12.8 Å². The van der Waals surface area contributed by atoms with E-state index in [1.54, 1.807) is 12.2 Å². The van der Waals surface area contributed by atoms with Crippen LogP contribution in [0.1, 0.15) is 155 Å². The van der Waals surface area contributed by atoms with E-state index in [9.17, 15) is 49.7 Å². The van der Waals surface area contributed by atoms with Crippen LogP contribution in [0.2, 0.25) is 0 Å². The second-order valence-corrected chi connectivity index (χ2v) is 18.2. The summed E-state index contributed by atoms with van der Waals surface area (Å²) in [5.41, 5.74) is 0. The maximum Gasteiger partial charge on any atom is 0.472 e. The molecule has 1 rings (SSSR count). The topological polar surface area (TPSA) is 230 Å². The van der Waals surface area contributed by atoms with Crippen LogP contribution >= 0.6 is 7.82 Å². The zero-order chi connectivity index (χ0) is 49.4. The summed E-state index contributed by atoms with van der Waals surface area (Å²) in [6.45, 7) is 3.03. The standard InChI is InChI=1S/C52H85O14P/c1-3-5-7-9-11-12-13-14-15-16-17-18-19-20-21-22-23-27-31-35-39-45(54)63-41-44(42-64-67(61,62)66-52-50(59)48(57)47(56)49(58)51(52)60)65-46(55)40-36-32-28-25-24-26-30-34-38-43(53)37-33-29-10-8-6-4-2/h6,8,12-13,15-16,18-19,25-26,28-30,33-34,38,43-44,47-53,56-60H,3-5,7,9-11,14,17,20-24,27,31-32,35-37,39-42H2,1-2H3,(H,61,62)/b8-6-,13-12-,16-15-,19-18-,28-25-,30-26-,33-29-,38-34+/t43?,44-,47?,48-,49+,50-,51-,52?/m1/s1. The van der Waals surface area contributed by atoms with E-state index < -0.39 is 81.8 Å². The minimum Gasteiger partial charge on any atom is -0.462 e. The second-order valence-electron chi connectivity index (χ2n) is 16.8. The predicted molar refractivity (Wildman–Crippen MR) is 264 cm³/mol. The maximum absolute atomic E-state index is 12.8. The molecule has 0 aliphatic heterocycles. The summed E-state index contributed by atoms with van der Waals surface area (Å²) in [7, 11) is -5.16. The number of phosphoric ester groups is 1. The lowest BCUT2D eigenvalue weighted by molar-refractivity contribution is -0.220. The van der Waals surface area contributed by atoms with E-state index in [1.165, 1.54) is 32.1 Å². The molecule has 0 bridgehead atoms. The van der Waals surface area contributed by atoms with Crippen molar-refractivity contribution in [2.45, 2.75) is 204 Å². The Morgan fingerprint density at radius 1 is 0.552 bits per heavy atom. The van der Waals surface area contributed by atoms with E-state index in [2.05, 4.69) is 62.5 Å². The highest BCUT2D eigenvalue weighted by molar-refractivity contribution is 7.47. The molecule has 15 heteroatoms. The Balaban J connectivity index is 2.51. The van der Waals surface area contributed by atoms with Crippen LogP contribution in [0.15, 0.2) is 97.2 Å². The first-order valence-electron chi connectivity index (χ1n) is 24.6. The molecular weight excluding hydrogens is 880 g/mol. The van der Waals surface area contributed by atoms with Crippen molar-refractivity contribution in [3.63, 3.8) is 0 Å². The monoisotopic (exact) mass is 965 g/mol. The third-order valence-electron chi connectivity index (χ3n) is 10.7. The number of hydrogen-bond donors (Lipinski definition) is 7. The molecule has 0 aromatic rings. The average molecular weight is 965 g/mol. The van der Waals surface area contributed by atoms with Crippen LogP contribution in [0.25, 0.3) is 0 Å². The molecule has 7 N–H and O–H groups in total. The smallest absolute Gasteiger partial charge is 0.462 e. The van der Waals surface area contributed by atoms with Gasteiger partial charge in [-0.2, -0.15) is 0 Å². The molecule has 382 valence electrons. The summed E-state index contributed by atoms with van der Waals surface area (Å²) < 4.78 is 33.5. The first-order valence-corrected chi connectivity index (χ1v) is 26.1. The third kappa shape index (κ3) is 33.0. The van der Waals surface area contributed by atoms with Gasteiger partial charge in [0.1, 0.15) is 43.2 Å². The summed E-state index contributed by atoms with van der Waals surface area (Å²) in [6, 6.07) is 0. The van der Waals surface area contributed by atoms with E-state index in [-0.39, 0.29) is 12.8 Å². The number of rotatable bonds is 39. The zero-order valence-corrected chi connectivity index (χ0v) is 41.2. The van der Waals surface area contributed by atoms with Crippen molar-refractivity contribution >= 4 is 19.8 Å². The Morgan fingerprint density at radius 2 is 1.04 bits per heavy atom. The SMILES string of the molecule is CC/C=C\C/C=C\CC(O)/C=C/C=C\C/C=C\CCCC(=O)O[C@H](COC(=O)CCCCCCCC/C=C\C/C=C\C/C=C\CCCCCC)COP(=O)(O)OC1[C@H](O)[C@H](O)C(O)[C@H](O)[C@H]1O. The molecule has 0 spiro atoms. The molecule has 0 radical (unpaired) electrons. The van der Waals surface area contributed by atoms with Gasteiger partial charge in [-0.1, -0.05) is 156 Å². The summed E-state index contributed by atoms with van der Waals surface area (Å²) >= 11 is 0. The molecule has 0 aromatic heterocycles. The fourth-order valence-corrected chi connectivity index (χ4v) is 7.74. The lowest BCUT2D eigenvalue weighted by Gasteiger charge is -2.41. The van der Waals surface area contributed by atoms with Gasteiger partial charge in [0.05, 0.1) is 12.7 Å². The molecule has 0 amide bonds. The highest BCUT2D eigenvalue weighted by Gasteiger charge is 2.51. The number of allylic oxidation sites excluding steroid dienone is 14. The fourth-order valence-electron chi connectivity index (χ4n) is 6.77. The Kier molecular flexibility index (Phi) is 37.4. The number of unbranched alkanes of at least 4 members (excludes halogenated alkanes) is 11. The number of aliphatic hydroxyl groups is 6. The van der Waals surface area contributed by atoms with E-state index >= 15 is 0 Å². The first-order chi connectivity index (χ1) is 32.3. The van der Waals surface area contributed by atoms with Gasteiger partial charge < -0.3 is 45.0 Å². The minimum atomic E-state index is -5.16. The first kappa shape index (κ1) is 61.7. The lowest BCUT2D eigenvalue weighted by Crippen LogP contribution is -2.64. The lowest BCUT2D eigenvalue weighted by atomic mass is 9.85. The molecule has 4 unspecified atom stereocenters. The summed E-state index contributed by atoms with van der Waals surface area (Å²) in [6.07, 6.45) is 37.7. The van der Waals surface area contributed by atoms with Crippen molar-refractivity contribution in [1.29, 1.82) is 0 Å². The molecule has 1 saturated carbocycles. The van der Waals surface area contributed by atoms with E-state index in [0.29, 0.717) is 32.1 Å². The van der Waals surface area contributed by atoms with Crippen LogP contribution in [0.4, 0.5) is 0 Å². The van der Waals surface area contributed by atoms with E-state index in [4.69, 9.17) is 18.5 Å². The van der Waals surface area contributed by atoms with Gasteiger partial charge in [-0.15, -0.1) is 0 Å². The van der Waals surface area contributed by atoms with Gasteiger partial charge in [-0.25, -0.2) is 4.57 Å². The minimum absolute atomic E-state index is 0.0223. The van der Waals surface area contributed by atoms with Gasteiger partial charge in [0.15, 0.2) is 6.10 Å². The van der Waals surface area contributed by atoms with Crippen LogP contribution in [0.5, 0.6) is 0 Å². The number of esters is 2. The number of ether oxygens (including phenoxy) is 2. The van der Waals surface area contributed by atoms with Crippen molar-refractivity contribution in [3.05, 3.63) is 97.2 Å². The van der Waals surface area contributed by atoms with Gasteiger partial charge in [0.25, 0.3) is 0 Å². The molecule has 0 aromatic carbocycles. The van der Waals surface area contributed by atoms with Gasteiger partial charge in [0.2, 0.25) is 0 Å². The molecule has 67 heavy (non-hydrogen) atoms. The van der Waals surface area contributed by atoms with Gasteiger partial charge in [-0.05, 0) is 83.5 Å². The summed E-state index contributed by atoms with van der Waals surface area (Å²) in [5, 5.41) is 60.3. The molecule has 1 aliphatic carbocycles. The van der Waals surface area contributed by atoms with Crippen LogP contribution in [-0.4, -0.2) is 110 Å². The maximum atomic E-state index is 12.8. The average Bonchev–Trinajstić information content (AvgIpc) is 3.31. The van der Waals surface area contributed by atoms with Crippen molar-refractivity contribution in [2.24, 2.45) is 0 Å². The highest BCUT2D eigenvalue weighted by atomic mass is 31.2. The molecule has 14 nitrogen and oxygen atoms in total. The normalized spacial score (nSPS) is 22.5.